The number of amides is 1. The fourth-order valence-corrected chi connectivity index (χ4v) is 1.68. The summed E-state index contributed by atoms with van der Waals surface area (Å²) in [4.78, 5) is 23.8. The van der Waals surface area contributed by atoms with Gasteiger partial charge in [0.1, 0.15) is 6.04 Å². The Labute approximate surface area is 118 Å². The quantitative estimate of drug-likeness (QED) is 0.845. The minimum absolute atomic E-state index is 0.0460. The van der Waals surface area contributed by atoms with Crippen LogP contribution in [0.15, 0.2) is 24.3 Å². The van der Waals surface area contributed by atoms with Crippen molar-refractivity contribution in [3.05, 3.63) is 34.9 Å². The van der Waals surface area contributed by atoms with Crippen molar-refractivity contribution in [2.75, 3.05) is 6.61 Å². The topological polar surface area (TPSA) is 55.4 Å². The predicted octanol–water partition coefficient (Wildman–Crippen LogP) is 2.66. The van der Waals surface area contributed by atoms with E-state index < -0.39 is 12.0 Å². The van der Waals surface area contributed by atoms with Crippen LogP contribution in [0.25, 0.3) is 0 Å². The Morgan fingerprint density at radius 1 is 1.26 bits per heavy atom. The van der Waals surface area contributed by atoms with E-state index in [2.05, 4.69) is 5.32 Å². The maximum absolute atomic E-state index is 12.0. The maximum Gasteiger partial charge on any atom is 0.328 e. The average molecular weight is 284 g/mol. The number of carbonyl (C=O) groups is 2. The summed E-state index contributed by atoms with van der Waals surface area (Å²) in [5.74, 6) is -0.779. The molecule has 1 amide bonds. The molecule has 0 aliphatic heterocycles. The lowest BCUT2D eigenvalue weighted by Crippen LogP contribution is -2.45. The van der Waals surface area contributed by atoms with Crippen LogP contribution in [0.2, 0.25) is 5.02 Å². The number of carbonyl (C=O) groups excluding carboxylic acids is 2. The monoisotopic (exact) mass is 283 g/mol. The highest BCUT2D eigenvalue weighted by Crippen LogP contribution is 2.11. The highest BCUT2D eigenvalue weighted by molar-refractivity contribution is 6.30. The fraction of sp³-hybridized carbons (Fsp3) is 0.429. The molecule has 4 nitrogen and oxygen atoms in total. The number of halogens is 1. The highest BCUT2D eigenvalue weighted by Gasteiger charge is 2.25. The van der Waals surface area contributed by atoms with Crippen molar-refractivity contribution in [1.29, 1.82) is 0 Å². The highest BCUT2D eigenvalue weighted by atomic mass is 35.5. The van der Waals surface area contributed by atoms with Crippen LogP contribution in [0.1, 0.15) is 31.1 Å². The summed E-state index contributed by atoms with van der Waals surface area (Å²) in [7, 11) is 0. The lowest BCUT2D eigenvalue weighted by Gasteiger charge is -2.20. The van der Waals surface area contributed by atoms with Gasteiger partial charge in [-0.05, 0) is 37.1 Å². The first-order valence-corrected chi connectivity index (χ1v) is 6.56. The van der Waals surface area contributed by atoms with E-state index in [9.17, 15) is 9.59 Å². The molecule has 19 heavy (non-hydrogen) atoms. The van der Waals surface area contributed by atoms with Gasteiger partial charge < -0.3 is 10.1 Å². The van der Waals surface area contributed by atoms with Crippen LogP contribution in [0.4, 0.5) is 0 Å². The van der Waals surface area contributed by atoms with Gasteiger partial charge in [-0.15, -0.1) is 0 Å². The third kappa shape index (κ3) is 4.56. The van der Waals surface area contributed by atoms with Crippen molar-refractivity contribution >= 4 is 23.5 Å². The van der Waals surface area contributed by atoms with Crippen LogP contribution in [-0.4, -0.2) is 24.5 Å². The maximum atomic E-state index is 12.0. The van der Waals surface area contributed by atoms with Crippen molar-refractivity contribution in [2.24, 2.45) is 5.92 Å². The van der Waals surface area contributed by atoms with Gasteiger partial charge in [0, 0.05) is 10.6 Å². The molecule has 0 aromatic heterocycles. The van der Waals surface area contributed by atoms with E-state index in [0.717, 1.165) is 0 Å². The lowest BCUT2D eigenvalue weighted by atomic mass is 10.0. The van der Waals surface area contributed by atoms with E-state index in [-0.39, 0.29) is 11.8 Å². The summed E-state index contributed by atoms with van der Waals surface area (Å²) in [6.45, 7) is 5.72. The van der Waals surface area contributed by atoms with Crippen LogP contribution in [-0.2, 0) is 9.53 Å². The first kappa shape index (κ1) is 15.5. The molecular weight excluding hydrogens is 266 g/mol. The van der Waals surface area contributed by atoms with Gasteiger partial charge in [0.05, 0.1) is 6.61 Å². The van der Waals surface area contributed by atoms with Gasteiger partial charge in [0.2, 0.25) is 0 Å². The number of rotatable bonds is 5. The molecule has 1 rings (SSSR count). The van der Waals surface area contributed by atoms with Gasteiger partial charge in [-0.3, -0.25) is 4.79 Å². The molecule has 0 radical (unpaired) electrons. The van der Waals surface area contributed by atoms with E-state index >= 15 is 0 Å². The Balaban J connectivity index is 2.76. The number of nitrogens with one attached hydrogen (secondary N) is 1. The normalized spacial score (nSPS) is 12.1. The lowest BCUT2D eigenvalue weighted by molar-refractivity contribution is -0.146. The third-order valence-electron chi connectivity index (χ3n) is 2.60. The Bertz CT molecular complexity index is 443. The molecule has 1 atom stereocenters. The van der Waals surface area contributed by atoms with Crippen LogP contribution in [0.5, 0.6) is 0 Å². The molecule has 0 spiro atoms. The molecule has 104 valence electrons. The average Bonchev–Trinajstić information content (AvgIpc) is 2.36. The smallest absolute Gasteiger partial charge is 0.328 e. The third-order valence-corrected chi connectivity index (χ3v) is 2.85. The van der Waals surface area contributed by atoms with Crippen molar-refractivity contribution in [1.82, 2.24) is 5.32 Å². The van der Waals surface area contributed by atoms with Crippen LogP contribution < -0.4 is 5.32 Å². The van der Waals surface area contributed by atoms with Crippen molar-refractivity contribution in [2.45, 2.75) is 26.8 Å². The van der Waals surface area contributed by atoms with Gasteiger partial charge in [-0.25, -0.2) is 4.79 Å². The Morgan fingerprint density at radius 2 is 1.84 bits per heavy atom. The van der Waals surface area contributed by atoms with Gasteiger partial charge in [0.25, 0.3) is 5.91 Å². The molecule has 0 heterocycles. The van der Waals surface area contributed by atoms with Crippen LogP contribution in [0.3, 0.4) is 0 Å². The second kappa shape index (κ2) is 7.14. The summed E-state index contributed by atoms with van der Waals surface area (Å²) >= 11 is 5.76. The van der Waals surface area contributed by atoms with Gasteiger partial charge in [-0.1, -0.05) is 25.4 Å². The van der Waals surface area contributed by atoms with Crippen molar-refractivity contribution in [3.63, 3.8) is 0 Å². The molecule has 0 fully saturated rings. The minimum Gasteiger partial charge on any atom is -0.464 e. The second-order valence-corrected chi connectivity index (χ2v) is 4.89. The zero-order valence-corrected chi connectivity index (χ0v) is 12.0. The Hall–Kier alpha value is -1.55. The molecule has 1 aromatic carbocycles. The van der Waals surface area contributed by atoms with Crippen LogP contribution >= 0.6 is 11.6 Å². The van der Waals surface area contributed by atoms with E-state index in [4.69, 9.17) is 16.3 Å². The zero-order valence-electron chi connectivity index (χ0n) is 11.3. The minimum atomic E-state index is -0.650. The standard InChI is InChI=1S/C14H18ClNO3/c1-4-19-14(18)12(9(2)3)16-13(17)10-5-7-11(15)8-6-10/h5-9,12H,4H2,1-3H3,(H,16,17)/t12-/m1/s1. The largest absolute Gasteiger partial charge is 0.464 e. The summed E-state index contributed by atoms with van der Waals surface area (Å²) in [6, 6.07) is 5.83. The fourth-order valence-electron chi connectivity index (χ4n) is 1.56. The number of hydrogen-bond acceptors (Lipinski definition) is 3. The van der Waals surface area contributed by atoms with Gasteiger partial charge >= 0.3 is 5.97 Å². The van der Waals surface area contributed by atoms with Crippen molar-refractivity contribution < 1.29 is 14.3 Å². The molecule has 0 aliphatic rings. The number of hydrogen-bond donors (Lipinski definition) is 1. The van der Waals surface area contributed by atoms with E-state index in [1.54, 1.807) is 31.2 Å². The Morgan fingerprint density at radius 3 is 2.32 bits per heavy atom. The molecule has 0 unspecified atom stereocenters. The van der Waals surface area contributed by atoms with E-state index in [1.807, 2.05) is 13.8 Å². The predicted molar refractivity (Wildman–Crippen MR) is 74.2 cm³/mol. The second-order valence-electron chi connectivity index (χ2n) is 4.45. The molecule has 1 aromatic rings. The van der Waals surface area contributed by atoms with Gasteiger partial charge in [0.15, 0.2) is 0 Å². The summed E-state index contributed by atoms with van der Waals surface area (Å²) in [6.07, 6.45) is 0. The molecule has 0 saturated carbocycles. The van der Waals surface area contributed by atoms with E-state index in [1.165, 1.54) is 0 Å². The molecule has 0 aliphatic carbocycles. The molecule has 5 heteroatoms. The summed E-state index contributed by atoms with van der Waals surface area (Å²) in [5, 5.41) is 3.24. The SMILES string of the molecule is CCOC(=O)[C@H](NC(=O)c1ccc(Cl)cc1)C(C)C. The molecule has 0 bridgehead atoms. The van der Waals surface area contributed by atoms with Crippen molar-refractivity contribution in [3.8, 4) is 0 Å². The number of benzene rings is 1. The number of esters is 1. The van der Waals surface area contributed by atoms with Crippen LogP contribution in [0, 0.1) is 5.92 Å². The molecular formula is C14H18ClNO3. The molecule has 1 N–H and O–H groups in total. The summed E-state index contributed by atoms with van der Waals surface area (Å²) in [5.41, 5.74) is 0.458. The van der Waals surface area contributed by atoms with E-state index in [0.29, 0.717) is 17.2 Å². The summed E-state index contributed by atoms with van der Waals surface area (Å²) < 4.78 is 4.95. The molecule has 0 saturated heterocycles. The van der Waals surface area contributed by atoms with Gasteiger partial charge in [-0.2, -0.15) is 0 Å². The number of ether oxygens (including phenoxy) is 1. The Kier molecular flexibility index (Phi) is 5.83. The first-order chi connectivity index (χ1) is 8.95. The first-order valence-electron chi connectivity index (χ1n) is 6.18. The zero-order chi connectivity index (χ0) is 14.4.